The van der Waals surface area contributed by atoms with Gasteiger partial charge >= 0.3 is 0 Å². The van der Waals surface area contributed by atoms with E-state index in [1.54, 1.807) is 12.1 Å². The van der Waals surface area contributed by atoms with E-state index in [9.17, 15) is 4.79 Å². The van der Waals surface area contributed by atoms with Crippen molar-refractivity contribution in [2.24, 2.45) is 0 Å². The van der Waals surface area contributed by atoms with Crippen LogP contribution in [0.3, 0.4) is 0 Å². The Bertz CT molecular complexity index is 377. The molecule has 0 spiro atoms. The van der Waals surface area contributed by atoms with Gasteiger partial charge in [-0.2, -0.15) is 0 Å². The van der Waals surface area contributed by atoms with E-state index in [1.807, 2.05) is 6.07 Å². The summed E-state index contributed by atoms with van der Waals surface area (Å²) >= 11 is 9.30. The molecular formula is C11H12BrClO3. The van der Waals surface area contributed by atoms with Gasteiger partial charge in [0, 0.05) is 30.1 Å². The maximum atomic E-state index is 11.7. The van der Waals surface area contributed by atoms with Crippen LogP contribution in [0.15, 0.2) is 22.7 Å². The Balaban J connectivity index is 2.76. The summed E-state index contributed by atoms with van der Waals surface area (Å²) in [5, 5.41) is 0.550. The van der Waals surface area contributed by atoms with Crippen molar-refractivity contribution in [1.82, 2.24) is 0 Å². The molecular weight excluding hydrogens is 295 g/mol. The van der Waals surface area contributed by atoms with Gasteiger partial charge in [0.25, 0.3) is 0 Å². The smallest absolute Gasteiger partial charge is 0.217 e. The maximum absolute atomic E-state index is 11.7. The molecule has 0 saturated heterocycles. The normalized spacial score (nSPS) is 10.8. The first-order valence-electron chi connectivity index (χ1n) is 4.60. The van der Waals surface area contributed by atoms with Gasteiger partial charge < -0.3 is 9.47 Å². The number of ether oxygens (including phenoxy) is 2. The molecule has 0 aliphatic heterocycles. The highest BCUT2D eigenvalue weighted by Crippen LogP contribution is 2.22. The molecule has 1 rings (SSSR count). The standard InChI is InChI=1S/C11H12BrClO3/c1-15-11(16-2)10(14)5-7-3-4-8(12)6-9(7)13/h3-4,6,11H,5H2,1-2H3. The highest BCUT2D eigenvalue weighted by atomic mass is 79.9. The average molecular weight is 308 g/mol. The van der Waals surface area contributed by atoms with E-state index in [2.05, 4.69) is 15.9 Å². The number of benzene rings is 1. The SMILES string of the molecule is COC(OC)C(=O)Cc1ccc(Br)cc1Cl. The molecule has 3 nitrogen and oxygen atoms in total. The van der Waals surface area contributed by atoms with Crippen LogP contribution in [0.2, 0.25) is 5.02 Å². The van der Waals surface area contributed by atoms with Crippen LogP contribution in [0.25, 0.3) is 0 Å². The molecule has 0 aliphatic carbocycles. The van der Waals surface area contributed by atoms with Gasteiger partial charge in [-0.05, 0) is 17.7 Å². The van der Waals surface area contributed by atoms with Crippen molar-refractivity contribution in [2.75, 3.05) is 14.2 Å². The fourth-order valence-electron chi connectivity index (χ4n) is 1.30. The van der Waals surface area contributed by atoms with Crippen molar-refractivity contribution in [3.63, 3.8) is 0 Å². The second kappa shape index (κ2) is 6.35. The molecule has 0 unspecified atom stereocenters. The molecule has 0 fully saturated rings. The Hall–Kier alpha value is -0.420. The molecule has 0 saturated carbocycles. The molecule has 0 N–H and O–H groups in total. The van der Waals surface area contributed by atoms with E-state index in [4.69, 9.17) is 21.1 Å². The minimum atomic E-state index is -0.834. The van der Waals surface area contributed by atoms with E-state index in [1.165, 1.54) is 14.2 Å². The number of carbonyl (C=O) groups excluding carboxylic acids is 1. The van der Waals surface area contributed by atoms with E-state index in [0.717, 1.165) is 10.0 Å². The predicted molar refractivity (Wildman–Crippen MR) is 65.7 cm³/mol. The largest absolute Gasteiger partial charge is 0.349 e. The zero-order valence-corrected chi connectivity index (χ0v) is 11.3. The number of ketones is 1. The van der Waals surface area contributed by atoms with Crippen LogP contribution in [-0.2, 0) is 20.7 Å². The molecule has 88 valence electrons. The van der Waals surface area contributed by atoms with Crippen molar-refractivity contribution in [3.05, 3.63) is 33.3 Å². The molecule has 0 atom stereocenters. The molecule has 0 aliphatic rings. The van der Waals surface area contributed by atoms with Crippen LogP contribution >= 0.6 is 27.5 Å². The Labute approximate surface area is 108 Å². The van der Waals surface area contributed by atoms with Crippen molar-refractivity contribution in [3.8, 4) is 0 Å². The first-order valence-corrected chi connectivity index (χ1v) is 5.77. The Morgan fingerprint density at radius 2 is 2.06 bits per heavy atom. The van der Waals surface area contributed by atoms with Crippen LogP contribution in [0.1, 0.15) is 5.56 Å². The Kier molecular flexibility index (Phi) is 5.41. The van der Waals surface area contributed by atoms with Gasteiger partial charge in [-0.25, -0.2) is 0 Å². The average Bonchev–Trinajstić information content (AvgIpc) is 2.24. The molecule has 1 aromatic rings. The van der Waals surface area contributed by atoms with Gasteiger partial charge in [-0.3, -0.25) is 4.79 Å². The van der Waals surface area contributed by atoms with Crippen LogP contribution < -0.4 is 0 Å². The van der Waals surface area contributed by atoms with Gasteiger partial charge in [-0.15, -0.1) is 0 Å². The lowest BCUT2D eigenvalue weighted by molar-refractivity contribution is -0.155. The lowest BCUT2D eigenvalue weighted by Crippen LogP contribution is -2.26. The summed E-state index contributed by atoms with van der Waals surface area (Å²) in [6, 6.07) is 5.38. The third-order valence-corrected chi connectivity index (χ3v) is 2.92. The van der Waals surface area contributed by atoms with Crippen LogP contribution in [0.4, 0.5) is 0 Å². The van der Waals surface area contributed by atoms with E-state index < -0.39 is 6.29 Å². The number of hydrogen-bond donors (Lipinski definition) is 0. The number of hydrogen-bond acceptors (Lipinski definition) is 3. The van der Waals surface area contributed by atoms with Gasteiger partial charge in [0.1, 0.15) is 0 Å². The lowest BCUT2D eigenvalue weighted by atomic mass is 10.1. The minimum absolute atomic E-state index is 0.158. The second-order valence-electron chi connectivity index (χ2n) is 3.18. The molecule has 1 aromatic carbocycles. The van der Waals surface area contributed by atoms with E-state index >= 15 is 0 Å². The number of carbonyl (C=O) groups is 1. The monoisotopic (exact) mass is 306 g/mol. The third-order valence-electron chi connectivity index (χ3n) is 2.07. The number of Topliss-reactive ketones (excluding diaryl/α,β-unsaturated/α-hetero) is 1. The van der Waals surface area contributed by atoms with Crippen molar-refractivity contribution in [1.29, 1.82) is 0 Å². The lowest BCUT2D eigenvalue weighted by Gasteiger charge is -2.12. The van der Waals surface area contributed by atoms with Crippen LogP contribution in [0, 0.1) is 0 Å². The Morgan fingerprint density at radius 1 is 1.44 bits per heavy atom. The predicted octanol–water partition coefficient (Wildman–Crippen LogP) is 2.83. The summed E-state index contributed by atoms with van der Waals surface area (Å²) in [6.07, 6.45) is -0.641. The van der Waals surface area contributed by atoms with Gasteiger partial charge in [0.2, 0.25) is 6.29 Å². The summed E-state index contributed by atoms with van der Waals surface area (Å²) in [4.78, 5) is 11.7. The van der Waals surface area contributed by atoms with Crippen molar-refractivity contribution in [2.45, 2.75) is 12.7 Å². The molecule has 5 heteroatoms. The number of rotatable bonds is 5. The summed E-state index contributed by atoms with van der Waals surface area (Å²) < 4.78 is 10.6. The highest BCUT2D eigenvalue weighted by molar-refractivity contribution is 9.10. The zero-order chi connectivity index (χ0) is 12.1. The summed E-state index contributed by atoms with van der Waals surface area (Å²) in [6.45, 7) is 0. The van der Waals surface area contributed by atoms with Gasteiger partial charge in [-0.1, -0.05) is 33.6 Å². The molecule has 0 heterocycles. The summed E-state index contributed by atoms with van der Waals surface area (Å²) in [5.41, 5.74) is 0.758. The van der Waals surface area contributed by atoms with Crippen molar-refractivity contribution >= 4 is 33.3 Å². The topological polar surface area (TPSA) is 35.5 Å². The first kappa shape index (κ1) is 13.6. The first-order chi connectivity index (χ1) is 7.58. The fraction of sp³-hybridized carbons (Fsp3) is 0.364. The molecule has 0 radical (unpaired) electrons. The summed E-state index contributed by atoms with van der Waals surface area (Å²) in [7, 11) is 2.85. The zero-order valence-electron chi connectivity index (χ0n) is 9.00. The quantitative estimate of drug-likeness (QED) is 0.785. The van der Waals surface area contributed by atoms with Crippen LogP contribution in [0.5, 0.6) is 0 Å². The molecule has 0 bridgehead atoms. The molecule has 16 heavy (non-hydrogen) atoms. The molecule has 0 aromatic heterocycles. The Morgan fingerprint density at radius 3 is 2.56 bits per heavy atom. The fourth-order valence-corrected chi connectivity index (χ4v) is 2.04. The maximum Gasteiger partial charge on any atom is 0.217 e. The molecule has 0 amide bonds. The summed E-state index contributed by atoms with van der Waals surface area (Å²) in [5.74, 6) is -0.158. The number of halogens is 2. The van der Waals surface area contributed by atoms with E-state index in [0.29, 0.717) is 5.02 Å². The minimum Gasteiger partial charge on any atom is -0.349 e. The van der Waals surface area contributed by atoms with Crippen LogP contribution in [-0.4, -0.2) is 26.3 Å². The highest BCUT2D eigenvalue weighted by Gasteiger charge is 2.18. The third kappa shape index (κ3) is 3.56. The number of methoxy groups -OCH3 is 2. The van der Waals surface area contributed by atoms with E-state index in [-0.39, 0.29) is 12.2 Å². The van der Waals surface area contributed by atoms with Crippen molar-refractivity contribution < 1.29 is 14.3 Å². The van der Waals surface area contributed by atoms with Gasteiger partial charge in [0.05, 0.1) is 0 Å². The van der Waals surface area contributed by atoms with Gasteiger partial charge in [0.15, 0.2) is 5.78 Å². The second-order valence-corrected chi connectivity index (χ2v) is 4.51.